The van der Waals surface area contributed by atoms with Gasteiger partial charge in [0.05, 0.1) is 12.4 Å². The standard InChI is InChI=1S/C12H21N5S/c1-4-17(7-5-6-16(2)3)11-9-14-10(8-15-11)12(13)18/h8-9H,4-7H2,1-3H3,(H2,13,18). The Morgan fingerprint density at radius 3 is 2.44 bits per heavy atom. The van der Waals surface area contributed by atoms with Gasteiger partial charge in [-0.3, -0.25) is 0 Å². The van der Waals surface area contributed by atoms with Gasteiger partial charge in [-0.05, 0) is 34.0 Å². The molecule has 0 saturated heterocycles. The molecule has 18 heavy (non-hydrogen) atoms. The van der Waals surface area contributed by atoms with E-state index in [2.05, 4.69) is 40.8 Å². The number of rotatable bonds is 7. The molecule has 1 rings (SSSR count). The Morgan fingerprint density at radius 1 is 1.28 bits per heavy atom. The molecule has 5 nitrogen and oxygen atoms in total. The first kappa shape index (κ1) is 14.8. The van der Waals surface area contributed by atoms with Gasteiger partial charge in [0.15, 0.2) is 0 Å². The van der Waals surface area contributed by atoms with Crippen molar-refractivity contribution in [1.82, 2.24) is 14.9 Å². The van der Waals surface area contributed by atoms with Crippen molar-refractivity contribution in [2.24, 2.45) is 5.73 Å². The van der Waals surface area contributed by atoms with Crippen LogP contribution in [0.4, 0.5) is 5.82 Å². The minimum atomic E-state index is 0.282. The number of thiocarbonyl (C=S) groups is 1. The summed E-state index contributed by atoms with van der Waals surface area (Å²) in [5, 5.41) is 0. The first-order chi connectivity index (χ1) is 8.54. The molecular weight excluding hydrogens is 246 g/mol. The Morgan fingerprint density at radius 2 is 2.00 bits per heavy atom. The first-order valence-corrected chi connectivity index (χ1v) is 6.47. The number of hydrogen-bond acceptors (Lipinski definition) is 5. The lowest BCUT2D eigenvalue weighted by Gasteiger charge is -2.22. The quantitative estimate of drug-likeness (QED) is 0.740. The second-order valence-corrected chi connectivity index (χ2v) is 4.80. The highest BCUT2D eigenvalue weighted by Crippen LogP contribution is 2.09. The topological polar surface area (TPSA) is 58.3 Å². The summed E-state index contributed by atoms with van der Waals surface area (Å²) in [5.74, 6) is 0.872. The van der Waals surface area contributed by atoms with Crippen molar-refractivity contribution in [1.29, 1.82) is 0 Å². The zero-order chi connectivity index (χ0) is 13.5. The lowest BCUT2D eigenvalue weighted by atomic mass is 10.3. The van der Waals surface area contributed by atoms with Crippen LogP contribution in [0.2, 0.25) is 0 Å². The van der Waals surface area contributed by atoms with Crippen molar-refractivity contribution < 1.29 is 0 Å². The number of nitrogens with two attached hydrogens (primary N) is 1. The van der Waals surface area contributed by atoms with E-state index in [0.29, 0.717) is 5.69 Å². The highest BCUT2D eigenvalue weighted by molar-refractivity contribution is 7.80. The van der Waals surface area contributed by atoms with E-state index in [1.165, 1.54) is 0 Å². The molecule has 100 valence electrons. The minimum Gasteiger partial charge on any atom is -0.388 e. The van der Waals surface area contributed by atoms with Crippen molar-refractivity contribution >= 4 is 23.0 Å². The van der Waals surface area contributed by atoms with Crippen LogP contribution in [0.3, 0.4) is 0 Å². The third-order valence-electron chi connectivity index (χ3n) is 2.63. The highest BCUT2D eigenvalue weighted by atomic mass is 32.1. The van der Waals surface area contributed by atoms with Crippen LogP contribution in [-0.4, -0.2) is 53.6 Å². The molecule has 0 unspecified atom stereocenters. The Labute approximate surface area is 114 Å². The predicted octanol–water partition coefficient (Wildman–Crippen LogP) is 0.889. The van der Waals surface area contributed by atoms with Crippen LogP contribution < -0.4 is 10.6 Å². The van der Waals surface area contributed by atoms with Gasteiger partial charge in [0.2, 0.25) is 0 Å². The normalized spacial score (nSPS) is 10.7. The molecule has 1 aromatic rings. The molecule has 2 N–H and O–H groups in total. The van der Waals surface area contributed by atoms with Gasteiger partial charge < -0.3 is 15.5 Å². The van der Waals surface area contributed by atoms with E-state index < -0.39 is 0 Å². The van der Waals surface area contributed by atoms with Crippen molar-refractivity contribution in [3.63, 3.8) is 0 Å². The molecule has 0 bridgehead atoms. The molecule has 0 spiro atoms. The zero-order valence-corrected chi connectivity index (χ0v) is 12.1. The SMILES string of the molecule is CCN(CCCN(C)C)c1cnc(C(N)=S)cn1. The van der Waals surface area contributed by atoms with Crippen LogP contribution in [0.1, 0.15) is 19.0 Å². The maximum Gasteiger partial charge on any atom is 0.147 e. The van der Waals surface area contributed by atoms with Crippen molar-refractivity contribution in [3.05, 3.63) is 18.1 Å². The Hall–Kier alpha value is -1.27. The van der Waals surface area contributed by atoms with Gasteiger partial charge in [0, 0.05) is 13.1 Å². The maximum absolute atomic E-state index is 5.50. The highest BCUT2D eigenvalue weighted by Gasteiger charge is 2.07. The molecule has 0 fully saturated rings. The van der Waals surface area contributed by atoms with Crippen LogP contribution in [-0.2, 0) is 0 Å². The molecule has 0 radical (unpaired) electrons. The molecule has 0 aliphatic rings. The summed E-state index contributed by atoms with van der Waals surface area (Å²) in [5.41, 5.74) is 6.06. The smallest absolute Gasteiger partial charge is 0.147 e. The average Bonchev–Trinajstić information content (AvgIpc) is 2.34. The van der Waals surface area contributed by atoms with Gasteiger partial charge in [-0.25, -0.2) is 9.97 Å². The zero-order valence-electron chi connectivity index (χ0n) is 11.3. The number of anilines is 1. The fraction of sp³-hybridized carbons (Fsp3) is 0.583. The first-order valence-electron chi connectivity index (χ1n) is 6.06. The van der Waals surface area contributed by atoms with Gasteiger partial charge in [0.25, 0.3) is 0 Å². The van der Waals surface area contributed by atoms with E-state index >= 15 is 0 Å². The molecule has 0 saturated carbocycles. The second-order valence-electron chi connectivity index (χ2n) is 4.36. The summed E-state index contributed by atoms with van der Waals surface area (Å²) >= 11 is 4.85. The third kappa shape index (κ3) is 4.54. The average molecular weight is 267 g/mol. The maximum atomic E-state index is 5.50. The summed E-state index contributed by atoms with van der Waals surface area (Å²) in [6, 6.07) is 0. The fourth-order valence-electron chi connectivity index (χ4n) is 1.62. The lowest BCUT2D eigenvalue weighted by Crippen LogP contribution is -2.28. The number of nitrogens with zero attached hydrogens (tertiary/aromatic N) is 4. The Balaban J connectivity index is 2.61. The summed E-state index contributed by atoms with van der Waals surface area (Å²) in [6.07, 6.45) is 4.46. The molecule has 6 heteroatoms. The molecule has 0 amide bonds. The van der Waals surface area contributed by atoms with Gasteiger partial charge in [-0.1, -0.05) is 12.2 Å². The van der Waals surface area contributed by atoms with E-state index in [4.69, 9.17) is 18.0 Å². The van der Waals surface area contributed by atoms with E-state index in [0.717, 1.165) is 31.9 Å². The van der Waals surface area contributed by atoms with Gasteiger partial charge in [0.1, 0.15) is 16.5 Å². The van der Waals surface area contributed by atoms with E-state index in [1.807, 2.05) is 0 Å². The van der Waals surface area contributed by atoms with Crippen molar-refractivity contribution in [3.8, 4) is 0 Å². The molecule has 0 aliphatic heterocycles. The van der Waals surface area contributed by atoms with Crippen molar-refractivity contribution in [2.75, 3.05) is 38.6 Å². The Bertz CT molecular complexity index is 377. The molecule has 1 heterocycles. The molecule has 0 aromatic carbocycles. The van der Waals surface area contributed by atoms with Crippen LogP contribution in [0.5, 0.6) is 0 Å². The van der Waals surface area contributed by atoms with Crippen LogP contribution in [0.15, 0.2) is 12.4 Å². The Kier molecular flexibility index (Phi) is 5.94. The molecule has 1 aromatic heterocycles. The molecule has 0 atom stereocenters. The number of hydrogen-bond donors (Lipinski definition) is 1. The van der Waals surface area contributed by atoms with E-state index in [1.54, 1.807) is 12.4 Å². The van der Waals surface area contributed by atoms with Crippen LogP contribution >= 0.6 is 12.2 Å². The second kappa shape index (κ2) is 7.23. The van der Waals surface area contributed by atoms with Gasteiger partial charge in [-0.2, -0.15) is 0 Å². The summed E-state index contributed by atoms with van der Waals surface area (Å²) in [7, 11) is 4.15. The summed E-state index contributed by atoms with van der Waals surface area (Å²) in [4.78, 5) is 13.2. The van der Waals surface area contributed by atoms with Gasteiger partial charge >= 0.3 is 0 Å². The van der Waals surface area contributed by atoms with E-state index in [9.17, 15) is 0 Å². The summed E-state index contributed by atoms with van der Waals surface area (Å²) in [6.45, 7) is 5.05. The predicted molar refractivity (Wildman–Crippen MR) is 79.0 cm³/mol. The fourth-order valence-corrected chi connectivity index (χ4v) is 1.73. The van der Waals surface area contributed by atoms with Crippen LogP contribution in [0.25, 0.3) is 0 Å². The van der Waals surface area contributed by atoms with Crippen LogP contribution in [0, 0.1) is 0 Å². The largest absolute Gasteiger partial charge is 0.388 e. The number of aromatic nitrogens is 2. The lowest BCUT2D eigenvalue weighted by molar-refractivity contribution is 0.400. The van der Waals surface area contributed by atoms with E-state index in [-0.39, 0.29) is 4.99 Å². The van der Waals surface area contributed by atoms with Crippen molar-refractivity contribution in [2.45, 2.75) is 13.3 Å². The monoisotopic (exact) mass is 267 g/mol. The molecule has 0 aliphatic carbocycles. The van der Waals surface area contributed by atoms with Gasteiger partial charge in [-0.15, -0.1) is 0 Å². The third-order valence-corrected chi connectivity index (χ3v) is 2.84. The minimum absolute atomic E-state index is 0.282. The molecular formula is C12H21N5S. The summed E-state index contributed by atoms with van der Waals surface area (Å²) < 4.78 is 0.